The van der Waals surface area contributed by atoms with E-state index in [0.717, 1.165) is 4.90 Å². The molecule has 0 unspecified atom stereocenters. The number of aromatic carboxylic acids is 1. The number of amides is 2. The van der Waals surface area contributed by atoms with E-state index in [1.165, 1.54) is 18.2 Å². The van der Waals surface area contributed by atoms with E-state index in [-0.39, 0.29) is 28.1 Å². The Balaban J connectivity index is 1.80. The summed E-state index contributed by atoms with van der Waals surface area (Å²) in [6, 6.07) is 4.11. The van der Waals surface area contributed by atoms with Crippen molar-refractivity contribution >= 4 is 35.1 Å². The molecule has 4 rings (SSSR count). The molecule has 4 atom stereocenters. The molecule has 0 spiro atoms. The Kier molecular flexibility index (Phi) is 2.85. The third kappa shape index (κ3) is 1.72. The van der Waals surface area contributed by atoms with Crippen molar-refractivity contribution in [3.63, 3.8) is 0 Å². The van der Waals surface area contributed by atoms with Gasteiger partial charge in [0.15, 0.2) is 0 Å². The molecule has 0 radical (unpaired) electrons. The number of hydrogen-bond acceptors (Lipinski definition) is 4. The summed E-state index contributed by atoms with van der Waals surface area (Å²) in [4.78, 5) is 38.1. The fraction of sp³-hybridized carbons (Fsp3) is 0.353. The van der Waals surface area contributed by atoms with E-state index in [1.807, 2.05) is 12.2 Å². The fourth-order valence-electron chi connectivity index (χ4n) is 4.10. The SMILES string of the molecule is C[C@]12C=C[C@](C)(O1)[C@@H]1C(=O)N(c3ccc(Cl)c(C(=O)O)c3)C(=O)[C@@H]12. The Hall–Kier alpha value is -2.18. The minimum absolute atomic E-state index is 0.0505. The zero-order valence-corrected chi connectivity index (χ0v) is 13.7. The molecule has 3 heterocycles. The largest absolute Gasteiger partial charge is 0.478 e. The maximum atomic E-state index is 12.9. The van der Waals surface area contributed by atoms with Crippen LogP contribution in [0.3, 0.4) is 0 Å². The summed E-state index contributed by atoms with van der Waals surface area (Å²) in [6.07, 6.45) is 3.65. The zero-order valence-electron chi connectivity index (χ0n) is 12.9. The molecule has 2 amide bonds. The van der Waals surface area contributed by atoms with Crippen molar-refractivity contribution in [1.29, 1.82) is 0 Å². The summed E-state index contributed by atoms with van der Waals surface area (Å²) in [5.41, 5.74) is -1.57. The Bertz CT molecular complexity index is 813. The molecule has 6 nitrogen and oxygen atoms in total. The van der Waals surface area contributed by atoms with E-state index in [4.69, 9.17) is 16.3 Å². The Morgan fingerprint density at radius 2 is 1.71 bits per heavy atom. The molecule has 2 saturated heterocycles. The van der Waals surface area contributed by atoms with E-state index in [9.17, 15) is 19.5 Å². The number of ether oxygens (including phenoxy) is 1. The fourth-order valence-corrected chi connectivity index (χ4v) is 4.30. The molecule has 1 aromatic carbocycles. The number of hydrogen-bond donors (Lipinski definition) is 1. The van der Waals surface area contributed by atoms with Crippen LogP contribution in [0.1, 0.15) is 24.2 Å². The monoisotopic (exact) mass is 347 g/mol. The topological polar surface area (TPSA) is 83.9 Å². The lowest BCUT2D eigenvalue weighted by Crippen LogP contribution is -2.39. The summed E-state index contributed by atoms with van der Waals surface area (Å²) in [7, 11) is 0. The molecular weight excluding hydrogens is 334 g/mol. The number of fused-ring (bicyclic) bond motifs is 5. The zero-order chi connectivity index (χ0) is 17.4. The van der Waals surface area contributed by atoms with Crippen LogP contribution in [-0.4, -0.2) is 34.1 Å². The highest BCUT2D eigenvalue weighted by molar-refractivity contribution is 6.34. The van der Waals surface area contributed by atoms with Crippen molar-refractivity contribution in [3.05, 3.63) is 40.9 Å². The first-order chi connectivity index (χ1) is 11.2. The molecule has 3 aliphatic heterocycles. The van der Waals surface area contributed by atoms with Crippen LogP contribution >= 0.6 is 11.6 Å². The number of benzene rings is 1. The van der Waals surface area contributed by atoms with Crippen LogP contribution in [0.4, 0.5) is 5.69 Å². The van der Waals surface area contributed by atoms with Gasteiger partial charge in [-0.05, 0) is 32.0 Å². The lowest BCUT2D eigenvalue weighted by atomic mass is 9.73. The van der Waals surface area contributed by atoms with Crippen molar-refractivity contribution in [2.45, 2.75) is 25.0 Å². The lowest BCUT2D eigenvalue weighted by molar-refractivity contribution is -0.128. The summed E-state index contributed by atoms with van der Waals surface area (Å²) in [5.74, 6) is -3.18. The first kappa shape index (κ1) is 15.4. The Morgan fingerprint density at radius 3 is 2.21 bits per heavy atom. The number of nitrogens with zero attached hydrogens (tertiary/aromatic N) is 1. The number of rotatable bonds is 2. The summed E-state index contributed by atoms with van der Waals surface area (Å²) in [6.45, 7) is 3.58. The molecule has 1 aromatic rings. The second kappa shape index (κ2) is 4.46. The van der Waals surface area contributed by atoms with E-state index in [0.29, 0.717) is 0 Å². The predicted octanol–water partition coefficient (Wildman–Crippen LogP) is 2.26. The molecular formula is C17H14ClNO5. The maximum absolute atomic E-state index is 12.9. The van der Waals surface area contributed by atoms with Gasteiger partial charge in [0.1, 0.15) is 0 Å². The highest BCUT2D eigenvalue weighted by Gasteiger charge is 2.70. The molecule has 2 bridgehead atoms. The van der Waals surface area contributed by atoms with Crippen molar-refractivity contribution in [2.75, 3.05) is 4.90 Å². The molecule has 24 heavy (non-hydrogen) atoms. The summed E-state index contributed by atoms with van der Waals surface area (Å²) in [5, 5.41) is 9.25. The predicted molar refractivity (Wildman–Crippen MR) is 84.9 cm³/mol. The smallest absolute Gasteiger partial charge is 0.337 e. The Labute approximate surface area is 142 Å². The average molecular weight is 348 g/mol. The van der Waals surface area contributed by atoms with E-state index in [1.54, 1.807) is 13.8 Å². The van der Waals surface area contributed by atoms with Crippen LogP contribution in [0.2, 0.25) is 5.02 Å². The number of carbonyl (C=O) groups excluding carboxylic acids is 2. The van der Waals surface area contributed by atoms with E-state index >= 15 is 0 Å². The Morgan fingerprint density at radius 1 is 1.17 bits per heavy atom. The van der Waals surface area contributed by atoms with Crippen LogP contribution in [0.25, 0.3) is 0 Å². The highest BCUT2D eigenvalue weighted by Crippen LogP contribution is 2.57. The molecule has 2 fully saturated rings. The minimum atomic E-state index is -1.22. The van der Waals surface area contributed by atoms with E-state index < -0.39 is 29.0 Å². The molecule has 0 saturated carbocycles. The molecule has 7 heteroatoms. The third-order valence-corrected chi connectivity index (χ3v) is 5.49. The van der Waals surface area contributed by atoms with Crippen LogP contribution in [0, 0.1) is 11.8 Å². The maximum Gasteiger partial charge on any atom is 0.337 e. The van der Waals surface area contributed by atoms with Gasteiger partial charge in [-0.3, -0.25) is 9.59 Å². The highest BCUT2D eigenvalue weighted by atomic mass is 35.5. The van der Waals surface area contributed by atoms with E-state index in [2.05, 4.69) is 0 Å². The van der Waals surface area contributed by atoms with Gasteiger partial charge in [-0.2, -0.15) is 0 Å². The van der Waals surface area contributed by atoms with Crippen LogP contribution in [0.5, 0.6) is 0 Å². The second-order valence-electron chi connectivity index (χ2n) is 6.74. The minimum Gasteiger partial charge on any atom is -0.478 e. The van der Waals surface area contributed by atoms with Gasteiger partial charge in [-0.1, -0.05) is 23.8 Å². The van der Waals surface area contributed by atoms with Crippen molar-refractivity contribution in [2.24, 2.45) is 11.8 Å². The van der Waals surface area contributed by atoms with Gasteiger partial charge in [0.2, 0.25) is 11.8 Å². The van der Waals surface area contributed by atoms with Gasteiger partial charge in [0, 0.05) is 0 Å². The van der Waals surface area contributed by atoms with Gasteiger partial charge in [0.25, 0.3) is 0 Å². The number of carbonyl (C=O) groups is 3. The van der Waals surface area contributed by atoms with Crippen molar-refractivity contribution in [3.8, 4) is 0 Å². The number of carboxylic acid groups (broad SMARTS) is 1. The average Bonchev–Trinajstić information content (AvgIpc) is 3.04. The van der Waals surface area contributed by atoms with Crippen molar-refractivity contribution < 1.29 is 24.2 Å². The normalized spacial score (nSPS) is 36.5. The third-order valence-electron chi connectivity index (χ3n) is 5.16. The van der Waals surface area contributed by atoms with Gasteiger partial charge >= 0.3 is 5.97 Å². The van der Waals surface area contributed by atoms with Crippen molar-refractivity contribution in [1.82, 2.24) is 0 Å². The van der Waals surface area contributed by atoms with Gasteiger partial charge < -0.3 is 9.84 Å². The standard InChI is InChI=1S/C17H14ClNO5/c1-16-5-6-17(2,24-16)12-11(16)13(20)19(14(12)21)8-3-4-10(18)9(7-8)15(22)23/h3-7,11-12H,1-2H3,(H,22,23)/t11-,12+,16-,17+. The van der Waals surface area contributed by atoms with Gasteiger partial charge in [-0.15, -0.1) is 0 Å². The molecule has 1 N–H and O–H groups in total. The molecule has 124 valence electrons. The number of anilines is 1. The molecule has 3 aliphatic rings. The molecule has 0 aliphatic carbocycles. The van der Waals surface area contributed by atoms with Crippen LogP contribution < -0.4 is 4.90 Å². The van der Waals surface area contributed by atoms with Gasteiger partial charge in [0.05, 0.1) is 39.3 Å². The summed E-state index contributed by atoms with van der Waals surface area (Å²) < 4.78 is 5.93. The number of imide groups is 1. The summed E-state index contributed by atoms with van der Waals surface area (Å²) >= 11 is 5.87. The number of carboxylic acids is 1. The number of halogens is 1. The quantitative estimate of drug-likeness (QED) is 0.655. The first-order valence-corrected chi connectivity index (χ1v) is 7.87. The van der Waals surface area contributed by atoms with Crippen LogP contribution in [-0.2, 0) is 14.3 Å². The van der Waals surface area contributed by atoms with Gasteiger partial charge in [-0.25, -0.2) is 9.69 Å². The lowest BCUT2D eigenvalue weighted by Gasteiger charge is -2.25. The molecule has 0 aromatic heterocycles. The first-order valence-electron chi connectivity index (χ1n) is 7.49. The second-order valence-corrected chi connectivity index (χ2v) is 7.15. The van der Waals surface area contributed by atoms with Crippen LogP contribution in [0.15, 0.2) is 30.4 Å².